The van der Waals surface area contributed by atoms with Crippen LogP contribution in [0.1, 0.15) is 0 Å². The van der Waals surface area contributed by atoms with Gasteiger partial charge in [0.2, 0.25) is 0 Å². The van der Waals surface area contributed by atoms with Gasteiger partial charge in [0.25, 0.3) is 5.56 Å². The second kappa shape index (κ2) is 4.82. The summed E-state index contributed by atoms with van der Waals surface area (Å²) < 4.78 is 11.0. The summed E-state index contributed by atoms with van der Waals surface area (Å²) in [4.78, 5) is 24.4. The summed E-state index contributed by atoms with van der Waals surface area (Å²) in [6.45, 7) is 0. The lowest BCUT2D eigenvalue weighted by molar-refractivity contribution is 0.414. The van der Waals surface area contributed by atoms with E-state index in [1.54, 1.807) is 24.3 Å². The molecule has 0 amide bonds. The van der Waals surface area contributed by atoms with E-state index < -0.39 is 11.3 Å². The zero-order valence-corrected chi connectivity index (χ0v) is 11.1. The molecule has 106 valence electrons. The number of rotatable bonds is 2. The van der Waals surface area contributed by atoms with Gasteiger partial charge in [-0.15, -0.1) is 0 Å². The summed E-state index contributed by atoms with van der Waals surface area (Å²) in [7, 11) is 1.53. The van der Waals surface area contributed by atoms with Crippen molar-refractivity contribution in [1.82, 2.24) is 4.57 Å². The van der Waals surface area contributed by atoms with Crippen LogP contribution in [0, 0.1) is 0 Å². The molecular weight excluding hydrogens is 274 g/mol. The van der Waals surface area contributed by atoms with Gasteiger partial charge in [0.1, 0.15) is 17.1 Å². The molecule has 0 unspecified atom stereocenters. The fourth-order valence-electron chi connectivity index (χ4n) is 2.07. The van der Waals surface area contributed by atoms with Gasteiger partial charge in [-0.25, -0.2) is 9.36 Å². The number of fused-ring (bicyclic) bond motifs is 1. The highest BCUT2D eigenvalue weighted by Gasteiger charge is 2.12. The highest BCUT2D eigenvalue weighted by atomic mass is 16.5. The predicted octanol–water partition coefficient (Wildman–Crippen LogP) is 1.66. The Morgan fingerprint density at radius 3 is 2.48 bits per heavy atom. The van der Waals surface area contributed by atoms with Crippen LogP contribution in [0.15, 0.2) is 56.5 Å². The molecule has 0 aliphatic carbocycles. The van der Waals surface area contributed by atoms with Crippen molar-refractivity contribution in [2.75, 3.05) is 7.11 Å². The number of hydrogen-bond donors (Lipinski definition) is 1. The molecule has 0 fully saturated rings. The van der Waals surface area contributed by atoms with Gasteiger partial charge in [-0.2, -0.15) is 0 Å². The first kappa shape index (κ1) is 13.0. The van der Waals surface area contributed by atoms with Gasteiger partial charge < -0.3 is 14.3 Å². The maximum atomic E-state index is 12.4. The normalized spacial score (nSPS) is 10.7. The molecule has 0 saturated heterocycles. The largest absolute Gasteiger partial charge is 0.508 e. The first-order chi connectivity index (χ1) is 10.1. The van der Waals surface area contributed by atoms with E-state index in [0.717, 1.165) is 4.57 Å². The molecule has 0 aliphatic heterocycles. The van der Waals surface area contributed by atoms with Crippen LogP contribution in [0.25, 0.3) is 16.7 Å². The van der Waals surface area contributed by atoms with Crippen LogP contribution < -0.4 is 16.1 Å². The monoisotopic (exact) mass is 285 g/mol. The van der Waals surface area contributed by atoms with Gasteiger partial charge in [-0.3, -0.25) is 4.79 Å². The van der Waals surface area contributed by atoms with Crippen LogP contribution in [0.2, 0.25) is 0 Å². The summed E-state index contributed by atoms with van der Waals surface area (Å²) in [6.07, 6.45) is 0. The van der Waals surface area contributed by atoms with E-state index >= 15 is 0 Å². The molecule has 1 N–H and O–H groups in total. The number of ether oxygens (including phenoxy) is 1. The summed E-state index contributed by atoms with van der Waals surface area (Å²) in [5.41, 5.74) is -0.0781. The second-order valence-corrected chi connectivity index (χ2v) is 4.39. The molecular formula is C15H11NO5. The molecule has 3 rings (SSSR count). The molecule has 0 atom stereocenters. The molecule has 3 aromatic rings. The third kappa shape index (κ3) is 2.16. The van der Waals surface area contributed by atoms with Crippen molar-refractivity contribution in [2.24, 2.45) is 0 Å². The van der Waals surface area contributed by atoms with Crippen LogP contribution in [0.4, 0.5) is 0 Å². The first-order valence-electron chi connectivity index (χ1n) is 6.13. The lowest BCUT2D eigenvalue weighted by Gasteiger charge is -2.06. The number of phenols is 1. The number of aromatic hydroxyl groups is 1. The van der Waals surface area contributed by atoms with Crippen molar-refractivity contribution in [3.05, 3.63) is 63.4 Å². The Balaban J connectivity index is 2.29. The smallest absolute Gasteiger partial charge is 0.426 e. The fraction of sp³-hybridized carbons (Fsp3) is 0.0667. The van der Waals surface area contributed by atoms with Gasteiger partial charge in [0, 0.05) is 6.07 Å². The highest BCUT2D eigenvalue weighted by Crippen LogP contribution is 2.17. The molecule has 0 aliphatic rings. The fourth-order valence-corrected chi connectivity index (χ4v) is 2.07. The zero-order valence-electron chi connectivity index (χ0n) is 11.1. The SMILES string of the molecule is COc1ccc(-n2c(=O)oc3cc(O)ccc3c2=O)cc1. The molecule has 0 bridgehead atoms. The number of nitrogens with zero attached hydrogens (tertiary/aromatic N) is 1. The Kier molecular flexibility index (Phi) is 2.98. The van der Waals surface area contributed by atoms with E-state index in [1.165, 1.54) is 25.3 Å². The molecule has 1 heterocycles. The molecule has 6 nitrogen and oxygen atoms in total. The van der Waals surface area contributed by atoms with E-state index in [1.807, 2.05) is 0 Å². The third-order valence-electron chi connectivity index (χ3n) is 3.11. The summed E-state index contributed by atoms with van der Waals surface area (Å²) in [5, 5.41) is 9.58. The highest BCUT2D eigenvalue weighted by molar-refractivity contribution is 5.77. The standard InChI is InChI=1S/C15H11NO5/c1-20-11-5-2-9(3-6-11)16-14(18)12-7-4-10(17)8-13(12)21-15(16)19/h2-8,17H,1H3. The summed E-state index contributed by atoms with van der Waals surface area (Å²) in [6, 6.07) is 10.5. The molecule has 1 aromatic heterocycles. The maximum absolute atomic E-state index is 12.4. The minimum Gasteiger partial charge on any atom is -0.508 e. The van der Waals surface area contributed by atoms with Crippen molar-refractivity contribution in [2.45, 2.75) is 0 Å². The quantitative estimate of drug-likeness (QED) is 0.774. The van der Waals surface area contributed by atoms with Crippen LogP contribution in [-0.4, -0.2) is 16.8 Å². The number of phenolic OH excluding ortho intramolecular Hbond substituents is 1. The van der Waals surface area contributed by atoms with E-state index in [0.29, 0.717) is 11.4 Å². The number of benzene rings is 2. The Morgan fingerprint density at radius 2 is 1.81 bits per heavy atom. The third-order valence-corrected chi connectivity index (χ3v) is 3.11. The van der Waals surface area contributed by atoms with Crippen LogP contribution in [-0.2, 0) is 0 Å². The van der Waals surface area contributed by atoms with Gasteiger partial charge in [-0.1, -0.05) is 0 Å². The van der Waals surface area contributed by atoms with Crippen molar-refractivity contribution in [3.8, 4) is 17.2 Å². The summed E-state index contributed by atoms with van der Waals surface area (Å²) in [5.74, 6) is -0.280. The second-order valence-electron chi connectivity index (χ2n) is 4.39. The average molecular weight is 285 g/mol. The van der Waals surface area contributed by atoms with Crippen molar-refractivity contribution < 1.29 is 14.3 Å². The van der Waals surface area contributed by atoms with Crippen molar-refractivity contribution in [3.63, 3.8) is 0 Å². The van der Waals surface area contributed by atoms with E-state index in [2.05, 4.69) is 0 Å². The Hall–Kier alpha value is -3.02. The molecule has 0 spiro atoms. The Morgan fingerprint density at radius 1 is 1.10 bits per heavy atom. The first-order valence-corrected chi connectivity index (χ1v) is 6.13. The molecule has 6 heteroatoms. The minimum atomic E-state index is -0.816. The Labute approximate surface area is 118 Å². The molecule has 0 radical (unpaired) electrons. The molecule has 0 saturated carbocycles. The van der Waals surface area contributed by atoms with E-state index in [4.69, 9.17) is 9.15 Å². The number of hydrogen-bond acceptors (Lipinski definition) is 5. The minimum absolute atomic E-state index is 0.0507. The van der Waals surface area contributed by atoms with Crippen molar-refractivity contribution in [1.29, 1.82) is 0 Å². The average Bonchev–Trinajstić information content (AvgIpc) is 2.47. The maximum Gasteiger partial charge on any atom is 0.426 e. The van der Waals surface area contributed by atoms with Gasteiger partial charge >= 0.3 is 5.76 Å². The Bertz CT molecular complexity index is 921. The van der Waals surface area contributed by atoms with Gasteiger partial charge in [0.05, 0.1) is 18.2 Å². The lowest BCUT2D eigenvalue weighted by Crippen LogP contribution is -2.30. The van der Waals surface area contributed by atoms with E-state index in [9.17, 15) is 14.7 Å². The van der Waals surface area contributed by atoms with Gasteiger partial charge in [-0.05, 0) is 36.4 Å². The molecule has 2 aromatic carbocycles. The van der Waals surface area contributed by atoms with Crippen LogP contribution in [0.5, 0.6) is 11.5 Å². The topological polar surface area (TPSA) is 81.7 Å². The number of methoxy groups -OCH3 is 1. The van der Waals surface area contributed by atoms with Crippen LogP contribution in [0.3, 0.4) is 0 Å². The van der Waals surface area contributed by atoms with Crippen molar-refractivity contribution >= 4 is 11.0 Å². The van der Waals surface area contributed by atoms with Crippen LogP contribution >= 0.6 is 0 Å². The number of aromatic nitrogens is 1. The lowest BCUT2D eigenvalue weighted by atomic mass is 10.2. The zero-order chi connectivity index (χ0) is 15.0. The molecule has 21 heavy (non-hydrogen) atoms. The predicted molar refractivity (Wildman–Crippen MR) is 76.3 cm³/mol. The summed E-state index contributed by atoms with van der Waals surface area (Å²) >= 11 is 0. The van der Waals surface area contributed by atoms with E-state index in [-0.39, 0.29) is 16.7 Å². The van der Waals surface area contributed by atoms with Gasteiger partial charge in [0.15, 0.2) is 0 Å².